The zero-order chi connectivity index (χ0) is 28.0. The number of amides is 2. The number of primary amides is 2. The summed E-state index contributed by atoms with van der Waals surface area (Å²) < 4.78 is 81.6. The highest BCUT2D eigenvalue weighted by Crippen LogP contribution is 2.42. The smallest absolute Gasteiger partial charge is 0.366 e. The number of alkyl halides is 6. The molecule has 0 bridgehead atoms. The van der Waals surface area contributed by atoms with E-state index in [2.05, 4.69) is 10.1 Å². The predicted molar refractivity (Wildman–Crippen MR) is 125 cm³/mol. The van der Waals surface area contributed by atoms with Gasteiger partial charge in [-0.2, -0.15) is 31.4 Å². The lowest BCUT2D eigenvalue weighted by molar-refractivity contribution is -0.141. The Labute approximate surface area is 211 Å². The molecule has 2 aromatic heterocycles. The second-order valence-electron chi connectivity index (χ2n) is 8.53. The Balaban J connectivity index is 1.94. The molecule has 0 fully saturated rings. The highest BCUT2D eigenvalue weighted by molar-refractivity contribution is 6.15. The van der Waals surface area contributed by atoms with Gasteiger partial charge in [0.2, 0.25) is 5.91 Å². The lowest BCUT2D eigenvalue weighted by atomic mass is 9.92. The molecule has 0 unspecified atom stereocenters. The van der Waals surface area contributed by atoms with Crippen LogP contribution in [0.3, 0.4) is 0 Å². The molecular weight excluding hydrogens is 516 g/mol. The summed E-state index contributed by atoms with van der Waals surface area (Å²) >= 11 is 0. The number of nitrogens with zero attached hydrogens (tertiary/aromatic N) is 3. The van der Waals surface area contributed by atoms with E-state index in [-0.39, 0.29) is 34.3 Å². The number of rotatable bonds is 6. The third-order valence-electron chi connectivity index (χ3n) is 5.86. The van der Waals surface area contributed by atoms with E-state index in [1.807, 2.05) is 0 Å². The molecule has 13 heteroatoms. The van der Waals surface area contributed by atoms with Gasteiger partial charge in [-0.25, -0.2) is 4.98 Å². The van der Waals surface area contributed by atoms with E-state index in [1.54, 1.807) is 6.07 Å². The molecule has 2 amide bonds. The second kappa shape index (κ2) is 9.47. The molecular formula is C25H19F6N5O2. The van der Waals surface area contributed by atoms with E-state index in [1.165, 1.54) is 49.4 Å². The van der Waals surface area contributed by atoms with Gasteiger partial charge in [0.1, 0.15) is 5.69 Å². The number of fused-ring (bicyclic) bond motifs is 1. The van der Waals surface area contributed by atoms with Crippen LogP contribution in [0.5, 0.6) is 0 Å². The first-order valence-electron chi connectivity index (χ1n) is 11.0. The Hall–Kier alpha value is -4.42. The summed E-state index contributed by atoms with van der Waals surface area (Å²) in [7, 11) is 0. The van der Waals surface area contributed by atoms with Gasteiger partial charge in [0.05, 0.1) is 24.0 Å². The molecule has 7 nitrogen and oxygen atoms in total. The number of pyridine rings is 1. The van der Waals surface area contributed by atoms with Crippen LogP contribution >= 0.6 is 0 Å². The number of carbonyl (C=O) groups is 2. The fourth-order valence-corrected chi connectivity index (χ4v) is 4.25. The molecule has 0 saturated heterocycles. The molecule has 0 aliphatic heterocycles. The summed E-state index contributed by atoms with van der Waals surface area (Å²) in [4.78, 5) is 29.0. The number of para-hydroxylation sites is 1. The van der Waals surface area contributed by atoms with Crippen molar-refractivity contribution in [3.05, 3.63) is 82.3 Å². The van der Waals surface area contributed by atoms with Crippen molar-refractivity contribution in [1.29, 1.82) is 0 Å². The minimum absolute atomic E-state index is 0.0189. The first-order valence-corrected chi connectivity index (χ1v) is 11.0. The van der Waals surface area contributed by atoms with Gasteiger partial charge in [0, 0.05) is 22.2 Å². The lowest BCUT2D eigenvalue weighted by Gasteiger charge is -2.16. The standard InChI is InChI=1S/C25H19F6N5O2/c1-12-17(19-18(22(32)37)15-4-2-3-5-16(15)34-20(19)23(33)38)21(25(29,30)31)35-36(12)11-14-8-6-13(7-9-14)10-24(26,27)28/h2-9H,10-11H2,1H3,(H2,32,37)(H2,33,38). The fraction of sp³-hybridized carbons (Fsp3) is 0.200. The first-order chi connectivity index (χ1) is 17.7. The van der Waals surface area contributed by atoms with Crippen LogP contribution < -0.4 is 11.5 Å². The zero-order valence-corrected chi connectivity index (χ0v) is 19.6. The molecule has 0 radical (unpaired) electrons. The van der Waals surface area contributed by atoms with E-state index >= 15 is 0 Å². The van der Waals surface area contributed by atoms with Crippen molar-refractivity contribution in [2.45, 2.75) is 32.2 Å². The number of aromatic nitrogens is 3. The summed E-state index contributed by atoms with van der Waals surface area (Å²) in [5.41, 5.74) is 7.92. The highest BCUT2D eigenvalue weighted by Gasteiger charge is 2.41. The van der Waals surface area contributed by atoms with Gasteiger partial charge in [0.15, 0.2) is 5.69 Å². The highest BCUT2D eigenvalue weighted by atomic mass is 19.4. The van der Waals surface area contributed by atoms with Crippen LogP contribution in [0.15, 0.2) is 48.5 Å². The Morgan fingerprint density at radius 3 is 2.03 bits per heavy atom. The minimum Gasteiger partial charge on any atom is -0.366 e. The van der Waals surface area contributed by atoms with Crippen LogP contribution in [0.1, 0.15) is 43.4 Å². The van der Waals surface area contributed by atoms with Gasteiger partial charge in [0.25, 0.3) is 5.91 Å². The SMILES string of the molecule is Cc1c(-c2c(C(N)=O)nc3ccccc3c2C(N)=O)c(C(F)(F)F)nn1Cc1ccc(CC(F)(F)F)cc1. The second-order valence-corrected chi connectivity index (χ2v) is 8.53. The van der Waals surface area contributed by atoms with Gasteiger partial charge < -0.3 is 11.5 Å². The largest absolute Gasteiger partial charge is 0.435 e. The van der Waals surface area contributed by atoms with Crippen molar-refractivity contribution >= 4 is 22.7 Å². The van der Waals surface area contributed by atoms with Crippen LogP contribution in [0.25, 0.3) is 22.0 Å². The summed E-state index contributed by atoms with van der Waals surface area (Å²) in [6, 6.07) is 11.1. The Morgan fingerprint density at radius 1 is 0.868 bits per heavy atom. The molecule has 4 rings (SSSR count). The van der Waals surface area contributed by atoms with E-state index in [0.717, 1.165) is 4.68 Å². The van der Waals surface area contributed by atoms with Crippen molar-refractivity contribution in [3.63, 3.8) is 0 Å². The topological polar surface area (TPSA) is 117 Å². The fourth-order valence-electron chi connectivity index (χ4n) is 4.25. The molecule has 0 saturated carbocycles. The quantitative estimate of drug-likeness (QED) is 0.346. The Bertz CT molecular complexity index is 1560. The first kappa shape index (κ1) is 26.6. The Kier molecular flexibility index (Phi) is 6.64. The van der Waals surface area contributed by atoms with Crippen LogP contribution in [0, 0.1) is 6.92 Å². The number of nitrogens with two attached hydrogens (primary N) is 2. The third kappa shape index (κ3) is 5.17. The van der Waals surface area contributed by atoms with Crippen molar-refractivity contribution in [3.8, 4) is 11.1 Å². The number of hydrogen-bond donors (Lipinski definition) is 2. The van der Waals surface area contributed by atoms with Crippen molar-refractivity contribution in [2.24, 2.45) is 11.5 Å². The average Bonchev–Trinajstić information content (AvgIpc) is 3.14. The van der Waals surface area contributed by atoms with Crippen molar-refractivity contribution in [2.75, 3.05) is 0 Å². The van der Waals surface area contributed by atoms with Gasteiger partial charge in [-0.15, -0.1) is 0 Å². The molecule has 0 aliphatic carbocycles. The molecule has 2 heterocycles. The van der Waals surface area contributed by atoms with Gasteiger partial charge >= 0.3 is 12.4 Å². The van der Waals surface area contributed by atoms with Crippen molar-refractivity contribution < 1.29 is 35.9 Å². The summed E-state index contributed by atoms with van der Waals surface area (Å²) in [5, 5.41) is 3.81. The normalized spacial score (nSPS) is 12.2. The molecule has 0 aliphatic rings. The number of carbonyl (C=O) groups excluding carboxylic acids is 2. The van der Waals surface area contributed by atoms with E-state index in [9.17, 15) is 35.9 Å². The number of benzene rings is 2. The molecule has 4 N–H and O–H groups in total. The number of halogens is 6. The van der Waals surface area contributed by atoms with E-state index < -0.39 is 53.1 Å². The molecule has 0 spiro atoms. The van der Waals surface area contributed by atoms with Crippen molar-refractivity contribution in [1.82, 2.24) is 14.8 Å². The monoisotopic (exact) mass is 535 g/mol. The lowest BCUT2D eigenvalue weighted by Crippen LogP contribution is -2.21. The van der Waals surface area contributed by atoms with Gasteiger partial charge in [-0.1, -0.05) is 42.5 Å². The zero-order valence-electron chi connectivity index (χ0n) is 19.6. The maximum atomic E-state index is 14.2. The van der Waals surface area contributed by atoms with E-state index in [4.69, 9.17) is 11.5 Å². The molecule has 4 aromatic rings. The van der Waals surface area contributed by atoms with Gasteiger partial charge in [-0.05, 0) is 24.1 Å². The van der Waals surface area contributed by atoms with Crippen LogP contribution in [-0.4, -0.2) is 32.8 Å². The maximum Gasteiger partial charge on any atom is 0.435 e. The van der Waals surface area contributed by atoms with Crippen LogP contribution in [-0.2, 0) is 19.1 Å². The molecule has 38 heavy (non-hydrogen) atoms. The van der Waals surface area contributed by atoms with Crippen LogP contribution in [0.4, 0.5) is 26.3 Å². The van der Waals surface area contributed by atoms with Gasteiger partial charge in [-0.3, -0.25) is 14.3 Å². The number of hydrogen-bond acceptors (Lipinski definition) is 4. The third-order valence-corrected chi connectivity index (χ3v) is 5.86. The maximum absolute atomic E-state index is 14.2. The molecule has 2 aromatic carbocycles. The van der Waals surface area contributed by atoms with E-state index in [0.29, 0.717) is 5.56 Å². The molecule has 0 atom stereocenters. The minimum atomic E-state index is -5.03. The predicted octanol–water partition coefficient (Wildman–Crippen LogP) is 4.78. The van der Waals surface area contributed by atoms with Crippen LogP contribution in [0.2, 0.25) is 0 Å². The summed E-state index contributed by atoms with van der Waals surface area (Å²) in [5.74, 6) is -2.30. The summed E-state index contributed by atoms with van der Waals surface area (Å²) in [6.07, 6.45) is -10.6. The summed E-state index contributed by atoms with van der Waals surface area (Å²) in [6.45, 7) is 1.04. The Morgan fingerprint density at radius 2 is 1.47 bits per heavy atom. The average molecular weight is 535 g/mol. The molecule has 198 valence electrons.